The molecule has 0 spiro atoms. The average Bonchev–Trinajstić information content (AvgIpc) is 2.12. The van der Waals surface area contributed by atoms with Crippen molar-refractivity contribution < 1.29 is 4.39 Å². The second kappa shape index (κ2) is 4.92. The molecular weight excluding hydrogens is 292 g/mol. The molecule has 16 heavy (non-hydrogen) atoms. The van der Waals surface area contributed by atoms with Crippen molar-refractivity contribution in [2.45, 2.75) is 19.8 Å². The first-order valence-electron chi connectivity index (χ1n) is 5.51. The Morgan fingerprint density at radius 3 is 2.75 bits per heavy atom. The van der Waals surface area contributed by atoms with Gasteiger partial charge in [-0.3, -0.25) is 0 Å². The highest BCUT2D eigenvalue weighted by Crippen LogP contribution is 2.39. The van der Waals surface area contributed by atoms with Gasteiger partial charge in [0, 0.05) is 17.6 Å². The normalized spacial score (nSPS) is 16.4. The molecule has 0 aromatic heterocycles. The Hall–Kier alpha value is -0.280. The van der Waals surface area contributed by atoms with Crippen LogP contribution in [0.25, 0.3) is 0 Å². The van der Waals surface area contributed by atoms with Gasteiger partial charge in [0.15, 0.2) is 0 Å². The van der Waals surface area contributed by atoms with Gasteiger partial charge in [0.05, 0.1) is 10.7 Å². The number of anilines is 1. The van der Waals surface area contributed by atoms with Crippen LogP contribution >= 0.6 is 27.5 Å². The highest BCUT2D eigenvalue weighted by atomic mass is 79.9. The number of benzene rings is 1. The maximum atomic E-state index is 13.1. The minimum absolute atomic E-state index is 0.300. The maximum absolute atomic E-state index is 13.1. The fourth-order valence-electron chi connectivity index (χ4n) is 2.18. The lowest BCUT2D eigenvalue weighted by Crippen LogP contribution is -2.47. The smallest absolute Gasteiger partial charge is 0.125 e. The van der Waals surface area contributed by atoms with Gasteiger partial charge in [-0.15, -0.1) is 0 Å². The molecule has 2 rings (SSSR count). The van der Waals surface area contributed by atoms with Crippen molar-refractivity contribution in [2.24, 2.45) is 5.92 Å². The van der Waals surface area contributed by atoms with Crippen LogP contribution < -0.4 is 4.90 Å². The van der Waals surface area contributed by atoms with E-state index >= 15 is 0 Å². The predicted molar refractivity (Wildman–Crippen MR) is 69.7 cm³/mol. The molecule has 0 amide bonds. The van der Waals surface area contributed by atoms with Crippen LogP contribution in [0.4, 0.5) is 10.1 Å². The number of hydrogen-bond donors (Lipinski definition) is 0. The van der Waals surface area contributed by atoms with Crippen LogP contribution in [0.5, 0.6) is 0 Å². The Bertz CT molecular complexity index is 368. The van der Waals surface area contributed by atoms with E-state index in [1.54, 1.807) is 0 Å². The van der Waals surface area contributed by atoms with Gasteiger partial charge in [0.1, 0.15) is 5.82 Å². The third-order valence-electron chi connectivity index (χ3n) is 2.95. The van der Waals surface area contributed by atoms with Gasteiger partial charge in [0.25, 0.3) is 0 Å². The van der Waals surface area contributed by atoms with Gasteiger partial charge < -0.3 is 4.90 Å². The standard InChI is InChI=1S/C12H14BrClFN/c1-2-3-8-6-16(7-8)12-10(13)4-9(15)5-11(12)14/h4-5,8H,2-3,6-7H2,1H3. The van der Waals surface area contributed by atoms with Gasteiger partial charge in [-0.25, -0.2) is 4.39 Å². The van der Waals surface area contributed by atoms with Crippen LogP contribution in [-0.4, -0.2) is 13.1 Å². The quantitative estimate of drug-likeness (QED) is 0.796. The summed E-state index contributed by atoms with van der Waals surface area (Å²) >= 11 is 9.42. The highest BCUT2D eigenvalue weighted by Gasteiger charge is 2.28. The lowest BCUT2D eigenvalue weighted by Gasteiger charge is -2.42. The van der Waals surface area contributed by atoms with Crippen LogP contribution in [0, 0.1) is 11.7 Å². The highest BCUT2D eigenvalue weighted by molar-refractivity contribution is 9.10. The molecule has 1 fully saturated rings. The van der Waals surface area contributed by atoms with Crippen molar-refractivity contribution in [1.82, 2.24) is 0 Å². The summed E-state index contributed by atoms with van der Waals surface area (Å²) in [5.41, 5.74) is 0.926. The summed E-state index contributed by atoms with van der Waals surface area (Å²) in [6.45, 7) is 4.25. The molecule has 0 atom stereocenters. The van der Waals surface area contributed by atoms with E-state index in [4.69, 9.17) is 11.6 Å². The maximum Gasteiger partial charge on any atom is 0.125 e. The largest absolute Gasteiger partial charge is 0.369 e. The minimum atomic E-state index is -0.300. The second-order valence-corrected chi connectivity index (χ2v) is 5.54. The molecule has 1 heterocycles. The molecule has 4 heteroatoms. The van der Waals surface area contributed by atoms with E-state index in [-0.39, 0.29) is 5.82 Å². The topological polar surface area (TPSA) is 3.24 Å². The third-order valence-corrected chi connectivity index (χ3v) is 3.84. The fraction of sp³-hybridized carbons (Fsp3) is 0.500. The SMILES string of the molecule is CCCC1CN(c2c(Cl)cc(F)cc2Br)C1. The molecule has 1 nitrogen and oxygen atoms in total. The molecule has 0 saturated carbocycles. The van der Waals surface area contributed by atoms with E-state index in [0.717, 1.165) is 29.2 Å². The predicted octanol–water partition coefficient (Wildman–Crippen LogP) is 4.48. The average molecular weight is 307 g/mol. The number of halogens is 3. The molecular formula is C12H14BrClFN. The summed E-state index contributed by atoms with van der Waals surface area (Å²) in [5, 5.41) is 0.488. The van der Waals surface area contributed by atoms with Crippen molar-refractivity contribution in [1.29, 1.82) is 0 Å². The van der Waals surface area contributed by atoms with E-state index in [0.29, 0.717) is 5.02 Å². The summed E-state index contributed by atoms with van der Waals surface area (Å²) in [4.78, 5) is 2.20. The number of hydrogen-bond acceptors (Lipinski definition) is 1. The minimum Gasteiger partial charge on any atom is -0.369 e. The van der Waals surface area contributed by atoms with Crippen molar-refractivity contribution in [2.75, 3.05) is 18.0 Å². The van der Waals surface area contributed by atoms with E-state index in [2.05, 4.69) is 27.8 Å². The monoisotopic (exact) mass is 305 g/mol. The molecule has 0 radical (unpaired) electrons. The van der Waals surface area contributed by atoms with E-state index in [1.165, 1.54) is 25.0 Å². The van der Waals surface area contributed by atoms with Gasteiger partial charge in [-0.1, -0.05) is 24.9 Å². The van der Waals surface area contributed by atoms with E-state index in [9.17, 15) is 4.39 Å². The first kappa shape index (κ1) is 12.2. The summed E-state index contributed by atoms with van der Waals surface area (Å²) in [7, 11) is 0. The molecule has 0 N–H and O–H groups in total. The number of nitrogens with zero attached hydrogens (tertiary/aromatic N) is 1. The van der Waals surface area contributed by atoms with Crippen LogP contribution in [0.15, 0.2) is 16.6 Å². The van der Waals surface area contributed by atoms with Crippen molar-refractivity contribution >= 4 is 33.2 Å². The fourth-order valence-corrected chi connectivity index (χ4v) is 3.30. The Kier molecular flexibility index (Phi) is 3.75. The van der Waals surface area contributed by atoms with Crippen LogP contribution in [-0.2, 0) is 0 Å². The van der Waals surface area contributed by atoms with Crippen molar-refractivity contribution in [3.63, 3.8) is 0 Å². The first-order valence-corrected chi connectivity index (χ1v) is 6.68. The molecule has 0 unspecified atom stereocenters. The third kappa shape index (κ3) is 2.35. The van der Waals surface area contributed by atoms with E-state index < -0.39 is 0 Å². The summed E-state index contributed by atoms with van der Waals surface area (Å²) in [5.74, 6) is 0.462. The molecule has 1 aliphatic heterocycles. The van der Waals surface area contributed by atoms with Crippen LogP contribution in [0.1, 0.15) is 19.8 Å². The molecule has 1 saturated heterocycles. The summed E-state index contributed by atoms with van der Waals surface area (Å²) < 4.78 is 13.8. The Morgan fingerprint density at radius 2 is 2.19 bits per heavy atom. The lowest BCUT2D eigenvalue weighted by atomic mass is 9.94. The Morgan fingerprint density at radius 1 is 1.50 bits per heavy atom. The zero-order valence-electron chi connectivity index (χ0n) is 9.14. The second-order valence-electron chi connectivity index (χ2n) is 4.28. The number of rotatable bonds is 3. The van der Waals surface area contributed by atoms with Crippen molar-refractivity contribution in [3.8, 4) is 0 Å². The van der Waals surface area contributed by atoms with Gasteiger partial charge in [-0.05, 0) is 40.4 Å². The van der Waals surface area contributed by atoms with Crippen LogP contribution in [0.3, 0.4) is 0 Å². The zero-order valence-corrected chi connectivity index (χ0v) is 11.5. The molecule has 1 aromatic rings. The molecule has 1 aliphatic rings. The van der Waals surface area contributed by atoms with E-state index in [1.807, 2.05) is 0 Å². The Labute approximate surface area is 109 Å². The molecule has 0 aliphatic carbocycles. The molecule has 88 valence electrons. The lowest BCUT2D eigenvalue weighted by molar-refractivity contribution is 0.380. The summed E-state index contributed by atoms with van der Waals surface area (Å²) in [6, 6.07) is 2.84. The van der Waals surface area contributed by atoms with Crippen molar-refractivity contribution in [3.05, 3.63) is 27.4 Å². The Balaban J connectivity index is 2.11. The molecule has 1 aromatic carbocycles. The molecule has 0 bridgehead atoms. The zero-order chi connectivity index (χ0) is 11.7. The van der Waals surface area contributed by atoms with Crippen LogP contribution in [0.2, 0.25) is 5.02 Å². The van der Waals surface area contributed by atoms with Gasteiger partial charge in [-0.2, -0.15) is 0 Å². The van der Waals surface area contributed by atoms with Gasteiger partial charge in [0.2, 0.25) is 0 Å². The summed E-state index contributed by atoms with van der Waals surface area (Å²) in [6.07, 6.45) is 2.48. The van der Waals surface area contributed by atoms with Gasteiger partial charge >= 0.3 is 0 Å². The first-order chi connectivity index (χ1) is 7.61.